The average molecular weight is 673 g/mol. The number of hydrogen-bond acceptors (Lipinski definition) is 4. The maximum atomic E-state index is 11.1. The number of hydrogen-bond donors (Lipinski definition) is 2. The molecule has 0 aromatic heterocycles. The van der Waals surface area contributed by atoms with E-state index in [0.717, 1.165) is 12.7 Å². The molecule has 0 aliphatic heterocycles. The van der Waals surface area contributed by atoms with Crippen molar-refractivity contribution in [2.45, 2.75) is 9.97 Å². The molecular weight excluding hydrogens is 662 g/mol. The van der Waals surface area contributed by atoms with E-state index < -0.39 is 12.0 Å². The van der Waals surface area contributed by atoms with E-state index in [2.05, 4.69) is 45.2 Å². The van der Waals surface area contributed by atoms with Crippen LogP contribution in [0.25, 0.3) is 0 Å². The molecule has 0 bridgehead atoms. The molecule has 0 spiro atoms. The van der Waals surface area contributed by atoms with Crippen LogP contribution < -0.4 is 45.1 Å². The Balaban J connectivity index is 0.00000288. The zero-order valence-corrected chi connectivity index (χ0v) is 21.0. The van der Waals surface area contributed by atoms with E-state index in [1.54, 1.807) is 12.1 Å². The van der Waals surface area contributed by atoms with E-state index in [0.29, 0.717) is 11.5 Å². The third-order valence-electron chi connectivity index (χ3n) is 2.98. The van der Waals surface area contributed by atoms with Crippen LogP contribution in [0.15, 0.2) is 36.4 Å². The summed E-state index contributed by atoms with van der Waals surface area (Å²) in [6.07, 6.45) is 0. The van der Waals surface area contributed by atoms with Gasteiger partial charge in [0.15, 0.2) is 5.75 Å². The van der Waals surface area contributed by atoms with Crippen LogP contribution in [0.5, 0.6) is 17.2 Å². The van der Waals surface area contributed by atoms with Crippen molar-refractivity contribution in [3.63, 3.8) is 0 Å². The van der Waals surface area contributed by atoms with E-state index >= 15 is 0 Å². The number of alkyl halides is 1. The fourth-order valence-electron chi connectivity index (χ4n) is 1.79. The predicted molar refractivity (Wildman–Crippen MR) is 110 cm³/mol. The van der Waals surface area contributed by atoms with Gasteiger partial charge in [-0.2, -0.15) is 0 Å². The Labute approximate surface area is 202 Å². The van der Waals surface area contributed by atoms with Gasteiger partial charge in [-0.05, 0) is 75.0 Å². The van der Waals surface area contributed by atoms with Gasteiger partial charge in [-0.25, -0.2) is 0 Å². The van der Waals surface area contributed by atoms with Crippen LogP contribution in [0.1, 0.15) is 9.49 Å². The van der Waals surface area contributed by atoms with Crippen LogP contribution in [0.2, 0.25) is 0 Å². The third kappa shape index (κ3) is 5.84. The predicted octanol–water partition coefficient (Wildman–Crippen LogP) is 0.654. The number of carboxylic acid groups (broad SMARTS) is 1. The van der Waals surface area contributed by atoms with Crippen molar-refractivity contribution in [2.24, 2.45) is 5.73 Å². The summed E-state index contributed by atoms with van der Waals surface area (Å²) in [6, 6.07) is 8.86. The van der Waals surface area contributed by atoms with Crippen LogP contribution in [0, 0.1) is 7.14 Å². The maximum absolute atomic E-state index is 11.1. The van der Waals surface area contributed by atoms with Crippen LogP contribution in [0.3, 0.4) is 0 Å². The van der Waals surface area contributed by atoms with Crippen LogP contribution in [0.4, 0.5) is 0 Å². The summed E-state index contributed by atoms with van der Waals surface area (Å²) in [6.45, 7) is 0. The molecule has 2 rings (SSSR count). The number of ether oxygens (including phenoxy) is 1. The summed E-state index contributed by atoms with van der Waals surface area (Å²) in [5.41, 5.74) is 6.53. The van der Waals surface area contributed by atoms with Gasteiger partial charge in [0, 0.05) is 0 Å². The number of carboxylic acids is 1. The average Bonchev–Trinajstić information content (AvgIpc) is 2.50. The topological polar surface area (TPSA) is 95.6 Å². The second kappa shape index (κ2) is 10.1. The number of nitrogens with two attached hydrogens (primary N) is 1. The summed E-state index contributed by atoms with van der Waals surface area (Å²) < 4.78 is 7.17. The first-order valence-electron chi connectivity index (χ1n) is 6.36. The molecule has 0 amide bonds. The second-order valence-corrected chi connectivity index (χ2v) is 8.32. The summed E-state index contributed by atoms with van der Waals surface area (Å²) in [7, 11) is 0. The summed E-state index contributed by atoms with van der Waals surface area (Å²) in [5, 5.41) is 20.2. The molecule has 24 heavy (non-hydrogen) atoms. The summed E-state index contributed by atoms with van der Waals surface area (Å²) in [4.78, 5) is 11.0. The van der Waals surface area contributed by atoms with E-state index in [9.17, 15) is 9.90 Å². The zero-order valence-electron chi connectivity index (χ0n) is 12.5. The van der Waals surface area contributed by atoms with Crippen molar-refractivity contribution in [1.82, 2.24) is 0 Å². The van der Waals surface area contributed by atoms with Gasteiger partial charge in [0.2, 0.25) is 0 Å². The maximum Gasteiger partial charge on any atom is 1.00 e. The number of benzene rings is 2. The normalized spacial score (nSPS) is 12.8. The quantitative estimate of drug-likeness (QED) is 0.277. The van der Waals surface area contributed by atoms with Crippen molar-refractivity contribution in [3.8, 4) is 17.2 Å². The Kier molecular flexibility index (Phi) is 9.57. The molecule has 0 unspecified atom stereocenters. The van der Waals surface area contributed by atoms with Gasteiger partial charge in [-0.3, -0.25) is 4.79 Å². The monoisotopic (exact) mass is 673 g/mol. The van der Waals surface area contributed by atoms with Gasteiger partial charge in [0.05, 0.1) is 11.1 Å². The van der Waals surface area contributed by atoms with Crippen LogP contribution in [-0.2, 0) is 4.79 Å². The Morgan fingerprint density at radius 1 is 1.17 bits per heavy atom. The molecule has 0 aliphatic carbocycles. The molecule has 122 valence electrons. The van der Waals surface area contributed by atoms with Gasteiger partial charge in [-0.1, -0.05) is 34.7 Å². The molecule has 0 heterocycles. The van der Waals surface area contributed by atoms with Crippen molar-refractivity contribution in [3.05, 3.63) is 49.1 Å². The van der Waals surface area contributed by atoms with Gasteiger partial charge >= 0.3 is 35.5 Å². The van der Waals surface area contributed by atoms with Gasteiger partial charge in [0.1, 0.15) is 11.8 Å². The standard InChI is InChI=1S/C15H12I3NO4.Na/c16-10-5-7(12(18)13(19)15(21)22)6-11(17)14(10)23-9-3-1-8(20)2-4-9;/h1-6,12-13,20H,19H2,(H,21,22);/q;+1/p-1/t12-,13+;/m0./s1. The fraction of sp³-hybridized carbons (Fsp3) is 0.133. The van der Waals surface area contributed by atoms with Crippen LogP contribution >= 0.6 is 67.8 Å². The number of rotatable bonds is 5. The number of carbonyl (C=O) groups is 1. The molecule has 0 saturated heterocycles. The molecule has 5 nitrogen and oxygen atoms in total. The second-order valence-electron chi connectivity index (χ2n) is 4.65. The molecule has 2 aromatic rings. The third-order valence-corrected chi connectivity index (χ3v) is 6.08. The van der Waals surface area contributed by atoms with Crippen LogP contribution in [-0.4, -0.2) is 17.1 Å². The van der Waals surface area contributed by atoms with Crippen molar-refractivity contribution < 1.29 is 49.3 Å². The largest absolute Gasteiger partial charge is 1.00 e. The number of halogens is 3. The fourth-order valence-corrected chi connectivity index (χ4v) is 4.50. The summed E-state index contributed by atoms with van der Waals surface area (Å²) >= 11 is 6.31. The van der Waals surface area contributed by atoms with E-state index in [1.807, 2.05) is 34.7 Å². The van der Waals surface area contributed by atoms with E-state index in [4.69, 9.17) is 15.6 Å². The Bertz CT molecular complexity index is 704. The van der Waals surface area contributed by atoms with Gasteiger partial charge in [-0.15, -0.1) is 5.75 Å². The van der Waals surface area contributed by atoms with Crippen molar-refractivity contribution >= 4 is 73.7 Å². The minimum atomic E-state index is -1.03. The molecule has 9 heteroatoms. The van der Waals surface area contributed by atoms with Crippen molar-refractivity contribution in [1.29, 1.82) is 0 Å². The zero-order chi connectivity index (χ0) is 17.1. The molecule has 3 N–H and O–H groups in total. The van der Waals surface area contributed by atoms with Crippen molar-refractivity contribution in [2.75, 3.05) is 0 Å². The SMILES string of the molecule is N[C@@H](C(=O)O)[C@@H](I)c1cc(I)c(Oc2ccc([O-])cc2)c(I)c1.[Na+]. The first-order chi connectivity index (χ1) is 10.8. The van der Waals surface area contributed by atoms with E-state index in [-0.39, 0.29) is 39.2 Å². The Morgan fingerprint density at radius 2 is 1.67 bits per heavy atom. The molecule has 0 fully saturated rings. The molecule has 0 saturated carbocycles. The smallest absolute Gasteiger partial charge is 0.872 e. The molecular formula is C15H11I3NNaO4. The first kappa shape index (κ1) is 22.7. The molecule has 2 aromatic carbocycles. The van der Waals surface area contributed by atoms with E-state index in [1.165, 1.54) is 12.1 Å². The minimum Gasteiger partial charge on any atom is -0.872 e. The molecule has 2 atom stereocenters. The first-order valence-corrected chi connectivity index (χ1v) is 9.76. The van der Waals surface area contributed by atoms with Gasteiger partial charge < -0.3 is 20.7 Å². The molecule has 0 radical (unpaired) electrons. The Morgan fingerprint density at radius 3 is 2.12 bits per heavy atom. The Hall–Kier alpha value is 0.660. The minimum absolute atomic E-state index is 0. The van der Waals surface area contributed by atoms with Gasteiger partial charge in [0.25, 0.3) is 0 Å². The molecule has 0 aliphatic rings. The summed E-state index contributed by atoms with van der Waals surface area (Å²) in [5.74, 6) is 0.127. The number of aliphatic carboxylic acids is 1.